The number of methoxy groups -OCH3 is 1. The molecule has 1 saturated heterocycles. The number of ether oxygens (including phenoxy) is 2. The summed E-state index contributed by atoms with van der Waals surface area (Å²) in [6.45, 7) is 3.62. The molecular weight excluding hydrogens is 378 g/mol. The molecule has 2 aromatic carbocycles. The zero-order chi connectivity index (χ0) is 19.2. The Balaban J connectivity index is 1.54. The van der Waals surface area contributed by atoms with E-state index in [-0.39, 0.29) is 11.2 Å². The SMILES string of the molecule is COCCN1C(=O)[C@H](Cc2ccc(OCc3ccc(C)cc3)cc2)SC1=S. The molecule has 1 atom stereocenters. The van der Waals surface area contributed by atoms with Gasteiger partial charge < -0.3 is 9.47 Å². The van der Waals surface area contributed by atoms with Crippen LogP contribution in [0.15, 0.2) is 48.5 Å². The zero-order valence-corrected chi connectivity index (χ0v) is 17.1. The lowest BCUT2D eigenvalue weighted by atomic mass is 10.1. The van der Waals surface area contributed by atoms with E-state index >= 15 is 0 Å². The van der Waals surface area contributed by atoms with Crippen LogP contribution in [0, 0.1) is 6.92 Å². The quantitative estimate of drug-likeness (QED) is 0.626. The Kier molecular flexibility index (Phi) is 6.88. The third kappa shape index (κ3) is 5.31. The number of thioether (sulfide) groups is 1. The van der Waals surface area contributed by atoms with Gasteiger partial charge in [0.2, 0.25) is 5.91 Å². The first-order valence-corrected chi connectivity index (χ1v) is 10.1. The molecule has 27 heavy (non-hydrogen) atoms. The Labute approximate surface area is 169 Å². The van der Waals surface area contributed by atoms with Gasteiger partial charge in [-0.1, -0.05) is 65.9 Å². The maximum Gasteiger partial charge on any atom is 0.242 e. The van der Waals surface area contributed by atoms with E-state index < -0.39 is 0 Å². The summed E-state index contributed by atoms with van der Waals surface area (Å²) < 4.78 is 11.5. The van der Waals surface area contributed by atoms with Gasteiger partial charge in [0.15, 0.2) is 0 Å². The number of thiocarbonyl (C=S) groups is 1. The van der Waals surface area contributed by atoms with Crippen molar-refractivity contribution in [3.8, 4) is 5.75 Å². The molecule has 3 rings (SSSR count). The third-order valence-corrected chi connectivity index (χ3v) is 5.98. The highest BCUT2D eigenvalue weighted by molar-refractivity contribution is 8.24. The summed E-state index contributed by atoms with van der Waals surface area (Å²) in [5.41, 5.74) is 3.48. The number of rotatable bonds is 8. The number of carbonyl (C=O) groups is 1. The van der Waals surface area contributed by atoms with Gasteiger partial charge in [-0.25, -0.2) is 0 Å². The minimum Gasteiger partial charge on any atom is -0.489 e. The van der Waals surface area contributed by atoms with Crippen molar-refractivity contribution in [1.82, 2.24) is 4.90 Å². The molecule has 0 N–H and O–H groups in total. The lowest BCUT2D eigenvalue weighted by Gasteiger charge is -2.14. The second-order valence-corrected chi connectivity index (χ2v) is 8.31. The smallest absolute Gasteiger partial charge is 0.242 e. The maximum absolute atomic E-state index is 12.5. The second kappa shape index (κ2) is 9.35. The molecule has 0 unspecified atom stereocenters. The van der Waals surface area contributed by atoms with E-state index in [4.69, 9.17) is 21.7 Å². The Bertz CT molecular complexity index is 790. The highest BCUT2D eigenvalue weighted by Gasteiger charge is 2.36. The molecule has 1 amide bonds. The van der Waals surface area contributed by atoms with Crippen LogP contribution < -0.4 is 4.74 Å². The molecule has 1 aliphatic heterocycles. The molecule has 142 valence electrons. The molecule has 1 aliphatic rings. The van der Waals surface area contributed by atoms with Gasteiger partial charge in [-0.15, -0.1) is 0 Å². The fourth-order valence-corrected chi connectivity index (χ4v) is 4.38. The third-order valence-electron chi connectivity index (χ3n) is 4.39. The highest BCUT2D eigenvalue weighted by atomic mass is 32.2. The summed E-state index contributed by atoms with van der Waals surface area (Å²) in [5, 5.41) is -0.159. The predicted molar refractivity (Wildman–Crippen MR) is 113 cm³/mol. The van der Waals surface area contributed by atoms with Crippen LogP contribution in [-0.4, -0.2) is 40.6 Å². The lowest BCUT2D eigenvalue weighted by Crippen LogP contribution is -2.34. The van der Waals surface area contributed by atoms with Crippen LogP contribution in [0.1, 0.15) is 16.7 Å². The predicted octanol–water partition coefficient (Wildman–Crippen LogP) is 3.99. The normalized spacial score (nSPS) is 16.8. The summed E-state index contributed by atoms with van der Waals surface area (Å²) in [6.07, 6.45) is 0.658. The van der Waals surface area contributed by atoms with E-state index in [1.54, 1.807) is 12.0 Å². The van der Waals surface area contributed by atoms with E-state index in [9.17, 15) is 4.79 Å². The fourth-order valence-electron chi connectivity index (χ4n) is 2.80. The largest absolute Gasteiger partial charge is 0.489 e. The van der Waals surface area contributed by atoms with Crippen LogP contribution in [0.3, 0.4) is 0 Å². The monoisotopic (exact) mass is 401 g/mol. The van der Waals surface area contributed by atoms with Crippen LogP contribution >= 0.6 is 24.0 Å². The Morgan fingerprint density at radius 1 is 1.07 bits per heavy atom. The topological polar surface area (TPSA) is 38.8 Å². The van der Waals surface area contributed by atoms with E-state index in [0.717, 1.165) is 16.9 Å². The van der Waals surface area contributed by atoms with Gasteiger partial charge in [0.05, 0.1) is 18.4 Å². The maximum atomic E-state index is 12.5. The number of nitrogens with zero attached hydrogens (tertiary/aromatic N) is 1. The second-order valence-electron chi connectivity index (χ2n) is 6.48. The van der Waals surface area contributed by atoms with Crippen molar-refractivity contribution in [2.75, 3.05) is 20.3 Å². The first-order valence-electron chi connectivity index (χ1n) is 8.85. The summed E-state index contributed by atoms with van der Waals surface area (Å²) >= 11 is 6.79. The van der Waals surface area contributed by atoms with E-state index in [0.29, 0.717) is 30.5 Å². The van der Waals surface area contributed by atoms with Crippen molar-refractivity contribution in [2.45, 2.75) is 25.2 Å². The van der Waals surface area contributed by atoms with Gasteiger partial charge in [0.1, 0.15) is 16.7 Å². The number of hydrogen-bond acceptors (Lipinski definition) is 5. The molecule has 4 nitrogen and oxygen atoms in total. The van der Waals surface area contributed by atoms with E-state index in [1.807, 2.05) is 24.3 Å². The minimum absolute atomic E-state index is 0.0711. The average Bonchev–Trinajstić information content (AvgIpc) is 2.94. The van der Waals surface area contributed by atoms with Gasteiger partial charge in [-0.05, 0) is 36.6 Å². The molecule has 2 aromatic rings. The fraction of sp³-hybridized carbons (Fsp3) is 0.333. The number of benzene rings is 2. The number of carbonyl (C=O) groups excluding carboxylic acids is 1. The standard InChI is InChI=1S/C21H23NO3S2/c1-15-3-5-17(6-4-15)14-25-18-9-7-16(8-10-18)13-19-20(23)22(11-12-24-2)21(26)27-19/h3-10,19H,11-14H2,1-2H3/t19-/m0/s1. The molecule has 0 bridgehead atoms. The number of amides is 1. The molecule has 6 heteroatoms. The van der Waals surface area contributed by atoms with Gasteiger partial charge in [0, 0.05) is 7.11 Å². The van der Waals surface area contributed by atoms with Crippen molar-refractivity contribution in [2.24, 2.45) is 0 Å². The zero-order valence-electron chi connectivity index (χ0n) is 15.5. The van der Waals surface area contributed by atoms with Crippen molar-refractivity contribution in [3.63, 3.8) is 0 Å². The van der Waals surface area contributed by atoms with E-state index in [2.05, 4.69) is 31.2 Å². The molecule has 0 aliphatic carbocycles. The number of aryl methyl sites for hydroxylation is 1. The van der Waals surface area contributed by atoms with Gasteiger partial charge >= 0.3 is 0 Å². The van der Waals surface area contributed by atoms with Crippen molar-refractivity contribution in [1.29, 1.82) is 0 Å². The minimum atomic E-state index is -0.159. The molecule has 0 spiro atoms. The average molecular weight is 402 g/mol. The Morgan fingerprint density at radius 2 is 1.74 bits per heavy atom. The van der Waals surface area contributed by atoms with Gasteiger partial charge in [-0.2, -0.15) is 0 Å². The summed E-state index contributed by atoms with van der Waals surface area (Å²) in [6, 6.07) is 16.2. The van der Waals surface area contributed by atoms with Crippen molar-refractivity contribution in [3.05, 3.63) is 65.2 Å². The summed E-state index contributed by atoms with van der Waals surface area (Å²) in [5.74, 6) is 0.892. The molecule has 0 aromatic heterocycles. The summed E-state index contributed by atoms with van der Waals surface area (Å²) in [4.78, 5) is 14.2. The Morgan fingerprint density at radius 3 is 2.41 bits per heavy atom. The molecule has 1 heterocycles. The van der Waals surface area contributed by atoms with Crippen LogP contribution in [0.5, 0.6) is 5.75 Å². The molecular formula is C21H23NO3S2. The van der Waals surface area contributed by atoms with Crippen LogP contribution in [-0.2, 0) is 22.6 Å². The lowest BCUT2D eigenvalue weighted by molar-refractivity contribution is -0.126. The first kappa shape index (κ1) is 19.9. The van der Waals surface area contributed by atoms with E-state index in [1.165, 1.54) is 17.3 Å². The van der Waals surface area contributed by atoms with Crippen LogP contribution in [0.4, 0.5) is 0 Å². The molecule has 0 radical (unpaired) electrons. The first-order chi connectivity index (χ1) is 13.1. The van der Waals surface area contributed by atoms with Gasteiger partial charge in [-0.3, -0.25) is 9.69 Å². The van der Waals surface area contributed by atoms with Crippen LogP contribution in [0.25, 0.3) is 0 Å². The van der Waals surface area contributed by atoms with Crippen molar-refractivity contribution >= 4 is 34.2 Å². The molecule has 1 fully saturated rings. The molecule has 0 saturated carbocycles. The summed E-state index contributed by atoms with van der Waals surface area (Å²) in [7, 11) is 1.62. The van der Waals surface area contributed by atoms with Crippen LogP contribution in [0.2, 0.25) is 0 Å². The highest BCUT2D eigenvalue weighted by Crippen LogP contribution is 2.30. The van der Waals surface area contributed by atoms with Gasteiger partial charge in [0.25, 0.3) is 0 Å². The van der Waals surface area contributed by atoms with Crippen molar-refractivity contribution < 1.29 is 14.3 Å². The number of hydrogen-bond donors (Lipinski definition) is 0. The Hall–Kier alpha value is -1.89.